The maximum absolute atomic E-state index is 12.9. The summed E-state index contributed by atoms with van der Waals surface area (Å²) in [6, 6.07) is 15.2. The van der Waals surface area contributed by atoms with Gasteiger partial charge in [-0.1, -0.05) is 24.3 Å². The third-order valence-corrected chi connectivity index (χ3v) is 7.88. The van der Waals surface area contributed by atoms with Gasteiger partial charge in [-0.05, 0) is 47.8 Å². The lowest BCUT2D eigenvalue weighted by molar-refractivity contribution is 0.102. The molecule has 0 bridgehead atoms. The second-order valence-electron chi connectivity index (χ2n) is 6.80. The van der Waals surface area contributed by atoms with E-state index < -0.39 is 0 Å². The Bertz CT molecular complexity index is 1270. The Labute approximate surface area is 175 Å². The quantitative estimate of drug-likeness (QED) is 0.515. The van der Waals surface area contributed by atoms with E-state index >= 15 is 0 Å². The summed E-state index contributed by atoms with van der Waals surface area (Å²) >= 11 is 3.89. The molecule has 1 amide bonds. The molecule has 2 N–H and O–H groups in total. The molecule has 6 nitrogen and oxygen atoms in total. The highest BCUT2D eigenvalue weighted by molar-refractivity contribution is 8.16. The number of thioether (sulfide) groups is 2. The summed E-state index contributed by atoms with van der Waals surface area (Å²) in [7, 11) is 0. The van der Waals surface area contributed by atoms with Crippen LogP contribution in [0.15, 0.2) is 59.5 Å². The highest BCUT2D eigenvalue weighted by Crippen LogP contribution is 2.44. The molecular weight excluding hydrogens is 404 g/mol. The van der Waals surface area contributed by atoms with E-state index in [1.165, 1.54) is 18.2 Å². The molecular formula is C21H18N4O2S2. The van der Waals surface area contributed by atoms with Crippen molar-refractivity contribution in [1.29, 1.82) is 0 Å². The molecule has 1 aliphatic rings. The molecule has 3 heterocycles. The Hall–Kier alpha value is -2.71. The largest absolute Gasteiger partial charge is 0.322 e. The Morgan fingerprint density at radius 3 is 2.83 bits per heavy atom. The van der Waals surface area contributed by atoms with Crippen molar-refractivity contribution in [3.63, 3.8) is 0 Å². The summed E-state index contributed by atoms with van der Waals surface area (Å²) in [5, 5.41) is 7.80. The number of hydrogen-bond donors (Lipinski definition) is 2. The SMILES string of the molecule is O=C(Nc1cccc(C2SCCCS2)c1)c1cnn2c1[nH]c(=O)c1ccccc12. The van der Waals surface area contributed by atoms with Gasteiger partial charge in [0.25, 0.3) is 11.5 Å². The number of rotatable bonds is 3. The molecule has 2 aromatic carbocycles. The summed E-state index contributed by atoms with van der Waals surface area (Å²) in [6.07, 6.45) is 2.73. The molecule has 0 saturated carbocycles. The van der Waals surface area contributed by atoms with Crippen molar-refractivity contribution in [2.45, 2.75) is 11.0 Å². The number of carbonyl (C=O) groups excluding carboxylic acids is 1. The van der Waals surface area contributed by atoms with Gasteiger partial charge in [0.05, 0.1) is 21.7 Å². The van der Waals surface area contributed by atoms with Crippen molar-refractivity contribution in [2.75, 3.05) is 16.8 Å². The fourth-order valence-corrected chi connectivity index (χ4v) is 6.36. The van der Waals surface area contributed by atoms with Crippen LogP contribution in [0.2, 0.25) is 0 Å². The smallest absolute Gasteiger partial charge is 0.261 e. The van der Waals surface area contributed by atoms with Crippen LogP contribution in [-0.2, 0) is 0 Å². The molecule has 0 aliphatic carbocycles. The number of para-hydroxylation sites is 1. The Morgan fingerprint density at radius 1 is 1.14 bits per heavy atom. The van der Waals surface area contributed by atoms with Gasteiger partial charge in [0.15, 0.2) is 0 Å². The number of nitrogens with zero attached hydrogens (tertiary/aromatic N) is 2. The van der Waals surface area contributed by atoms with Crippen LogP contribution >= 0.6 is 23.5 Å². The first-order valence-corrected chi connectivity index (χ1v) is 11.4. The lowest BCUT2D eigenvalue weighted by atomic mass is 10.2. The zero-order valence-corrected chi connectivity index (χ0v) is 17.1. The van der Waals surface area contributed by atoms with E-state index in [9.17, 15) is 9.59 Å². The number of amides is 1. The number of hydrogen-bond acceptors (Lipinski definition) is 5. The predicted octanol–water partition coefficient (Wildman–Crippen LogP) is 4.30. The first-order chi connectivity index (χ1) is 14.2. The third-order valence-electron chi connectivity index (χ3n) is 4.87. The minimum absolute atomic E-state index is 0.240. The minimum atomic E-state index is -0.299. The van der Waals surface area contributed by atoms with Crippen molar-refractivity contribution in [1.82, 2.24) is 14.6 Å². The molecule has 146 valence electrons. The van der Waals surface area contributed by atoms with Gasteiger partial charge in [-0.3, -0.25) is 9.59 Å². The van der Waals surface area contributed by atoms with Gasteiger partial charge in [-0.15, -0.1) is 23.5 Å². The molecule has 8 heteroatoms. The molecule has 2 aromatic heterocycles. The molecule has 1 saturated heterocycles. The summed E-state index contributed by atoms with van der Waals surface area (Å²) in [5.41, 5.74) is 3.09. The Morgan fingerprint density at radius 2 is 1.97 bits per heavy atom. The molecule has 1 aliphatic heterocycles. The number of anilines is 1. The topological polar surface area (TPSA) is 79.3 Å². The van der Waals surface area contributed by atoms with Crippen molar-refractivity contribution in [3.05, 3.63) is 76.2 Å². The van der Waals surface area contributed by atoms with Crippen LogP contribution in [-0.4, -0.2) is 32.0 Å². The summed E-state index contributed by atoms with van der Waals surface area (Å²) in [4.78, 5) is 28.1. The van der Waals surface area contributed by atoms with Crippen LogP contribution in [0.25, 0.3) is 16.6 Å². The maximum atomic E-state index is 12.9. The Kier molecular flexibility index (Phi) is 4.81. The van der Waals surface area contributed by atoms with Gasteiger partial charge >= 0.3 is 0 Å². The number of fused-ring (bicyclic) bond motifs is 3. The highest BCUT2D eigenvalue weighted by atomic mass is 32.2. The van der Waals surface area contributed by atoms with E-state index in [0.717, 1.165) is 17.2 Å². The van der Waals surface area contributed by atoms with E-state index in [1.807, 2.05) is 53.9 Å². The number of nitrogens with one attached hydrogen (secondary N) is 2. The van der Waals surface area contributed by atoms with Crippen molar-refractivity contribution in [2.24, 2.45) is 0 Å². The van der Waals surface area contributed by atoms with Crippen LogP contribution < -0.4 is 10.9 Å². The van der Waals surface area contributed by atoms with E-state index in [4.69, 9.17) is 0 Å². The summed E-state index contributed by atoms with van der Waals surface area (Å²) in [6.45, 7) is 0. The molecule has 0 unspecified atom stereocenters. The van der Waals surface area contributed by atoms with Gasteiger partial charge in [-0.25, -0.2) is 4.52 Å². The molecule has 0 spiro atoms. The van der Waals surface area contributed by atoms with Crippen molar-refractivity contribution < 1.29 is 4.79 Å². The van der Waals surface area contributed by atoms with Crippen LogP contribution in [0.5, 0.6) is 0 Å². The standard InChI is InChI=1S/C21H18N4O2S2/c26-19-15-7-1-2-8-17(15)25-18(24-19)16(12-22-25)20(27)23-14-6-3-5-13(11-14)21-28-9-4-10-29-21/h1-3,5-8,11-12,21H,4,9-10H2,(H,23,27)(H,24,26). The number of H-pyrrole nitrogens is 1. The molecule has 0 atom stereocenters. The fraction of sp³-hybridized carbons (Fsp3) is 0.190. The fourth-order valence-electron chi connectivity index (χ4n) is 3.48. The minimum Gasteiger partial charge on any atom is -0.322 e. The lowest BCUT2D eigenvalue weighted by Gasteiger charge is -2.21. The van der Waals surface area contributed by atoms with Crippen molar-refractivity contribution in [3.8, 4) is 0 Å². The van der Waals surface area contributed by atoms with E-state index in [-0.39, 0.29) is 11.5 Å². The van der Waals surface area contributed by atoms with Crippen LogP contribution in [0.3, 0.4) is 0 Å². The predicted molar refractivity (Wildman–Crippen MR) is 120 cm³/mol. The molecule has 1 fully saturated rings. The molecule has 5 rings (SSSR count). The molecule has 0 radical (unpaired) electrons. The maximum Gasteiger partial charge on any atom is 0.261 e. The number of aromatic nitrogens is 3. The second-order valence-corrected chi connectivity index (χ2v) is 9.52. The van der Waals surface area contributed by atoms with E-state index in [0.29, 0.717) is 26.7 Å². The van der Waals surface area contributed by atoms with Gasteiger partial charge in [0.1, 0.15) is 11.2 Å². The second kappa shape index (κ2) is 7.61. The van der Waals surface area contributed by atoms with Crippen LogP contribution in [0.4, 0.5) is 5.69 Å². The lowest BCUT2D eigenvalue weighted by Crippen LogP contribution is -2.15. The highest BCUT2D eigenvalue weighted by Gasteiger charge is 2.19. The first kappa shape index (κ1) is 18.3. The van der Waals surface area contributed by atoms with Gasteiger partial charge in [0.2, 0.25) is 0 Å². The summed E-state index contributed by atoms with van der Waals surface area (Å²) in [5.74, 6) is 2.03. The number of benzene rings is 2. The van der Waals surface area contributed by atoms with Crippen LogP contribution in [0, 0.1) is 0 Å². The van der Waals surface area contributed by atoms with E-state index in [1.54, 1.807) is 16.6 Å². The average molecular weight is 423 g/mol. The molecule has 29 heavy (non-hydrogen) atoms. The monoisotopic (exact) mass is 422 g/mol. The van der Waals surface area contributed by atoms with Gasteiger partial charge < -0.3 is 10.3 Å². The van der Waals surface area contributed by atoms with Gasteiger partial charge in [0, 0.05) is 5.69 Å². The average Bonchev–Trinajstić information content (AvgIpc) is 3.19. The Balaban J connectivity index is 1.47. The van der Waals surface area contributed by atoms with Crippen molar-refractivity contribution >= 4 is 51.7 Å². The zero-order chi connectivity index (χ0) is 19.8. The normalized spacial score (nSPS) is 15.0. The summed E-state index contributed by atoms with van der Waals surface area (Å²) < 4.78 is 2.00. The number of aromatic amines is 1. The third kappa shape index (κ3) is 3.42. The molecule has 4 aromatic rings. The van der Waals surface area contributed by atoms with Gasteiger partial charge in [-0.2, -0.15) is 5.10 Å². The number of carbonyl (C=O) groups is 1. The zero-order valence-electron chi connectivity index (χ0n) is 15.4. The first-order valence-electron chi connectivity index (χ1n) is 9.34. The van der Waals surface area contributed by atoms with Crippen LogP contribution in [0.1, 0.15) is 26.9 Å². The van der Waals surface area contributed by atoms with E-state index in [2.05, 4.69) is 21.5 Å².